The van der Waals surface area contributed by atoms with E-state index in [0.29, 0.717) is 0 Å². The zero-order valence-corrected chi connectivity index (χ0v) is 8.74. The maximum atomic E-state index is 3.77. The Kier molecular flexibility index (Phi) is 4.17. The second kappa shape index (κ2) is 5.66. The number of nitrogens with one attached hydrogen (secondary N) is 1. The molecule has 0 aliphatic carbocycles. The fraction of sp³-hybridized carbons (Fsp3) is 0. The van der Waals surface area contributed by atoms with Gasteiger partial charge in [0, 0.05) is 5.69 Å². The number of hydrogen-bond acceptors (Lipinski definition) is 1. The lowest BCUT2D eigenvalue weighted by molar-refractivity contribution is 1.56. The van der Waals surface area contributed by atoms with Gasteiger partial charge in [-0.25, -0.2) is 0 Å². The van der Waals surface area contributed by atoms with Gasteiger partial charge in [0.2, 0.25) is 0 Å². The van der Waals surface area contributed by atoms with E-state index < -0.39 is 0 Å². The van der Waals surface area contributed by atoms with Crippen molar-refractivity contribution in [3.8, 4) is 0 Å². The van der Waals surface area contributed by atoms with Gasteiger partial charge in [0.25, 0.3) is 0 Å². The van der Waals surface area contributed by atoms with Crippen LogP contribution in [0.1, 0.15) is 5.56 Å². The highest BCUT2D eigenvalue weighted by molar-refractivity contribution is 5.75. The van der Waals surface area contributed by atoms with Crippen molar-refractivity contribution in [2.24, 2.45) is 0 Å². The molecule has 0 saturated heterocycles. The monoisotopic (exact) mass is 197 g/mol. The second-order valence-corrected chi connectivity index (χ2v) is 2.99. The molecule has 0 unspecified atom stereocenters. The van der Waals surface area contributed by atoms with Crippen molar-refractivity contribution in [1.29, 1.82) is 0 Å². The minimum absolute atomic E-state index is 1.02. The first-order chi connectivity index (χ1) is 7.31. The van der Waals surface area contributed by atoms with Crippen molar-refractivity contribution >= 4 is 11.3 Å². The van der Waals surface area contributed by atoms with Crippen LogP contribution in [0.25, 0.3) is 5.57 Å². The summed E-state index contributed by atoms with van der Waals surface area (Å²) in [6.45, 7) is 11.0. The van der Waals surface area contributed by atoms with Crippen LogP contribution in [-0.4, -0.2) is 0 Å². The quantitative estimate of drug-likeness (QED) is 0.703. The predicted molar refractivity (Wildman–Crippen MR) is 68.6 cm³/mol. The van der Waals surface area contributed by atoms with Crippen LogP contribution in [0, 0.1) is 0 Å². The van der Waals surface area contributed by atoms with Crippen molar-refractivity contribution in [3.05, 3.63) is 74.0 Å². The topological polar surface area (TPSA) is 12.0 Å². The molecule has 1 aromatic rings. The molecular weight excluding hydrogens is 182 g/mol. The van der Waals surface area contributed by atoms with Gasteiger partial charge in [-0.15, -0.1) is 0 Å². The largest absolute Gasteiger partial charge is 0.362 e. The Bertz CT molecular complexity index is 382. The molecule has 0 spiro atoms. The smallest absolute Gasteiger partial charge is 0.0379 e. The van der Waals surface area contributed by atoms with Gasteiger partial charge in [0.15, 0.2) is 0 Å². The Balaban J connectivity index is 2.96. The number of hydrogen-bond donors (Lipinski definition) is 1. The third-order valence-electron chi connectivity index (χ3n) is 2.00. The molecule has 1 aromatic carbocycles. The van der Waals surface area contributed by atoms with E-state index in [2.05, 4.69) is 25.1 Å². The molecule has 0 atom stereocenters. The summed E-state index contributed by atoms with van der Waals surface area (Å²) in [5.74, 6) is 0. The van der Waals surface area contributed by atoms with E-state index in [9.17, 15) is 0 Å². The highest BCUT2D eigenvalue weighted by atomic mass is 14.8. The van der Waals surface area contributed by atoms with Gasteiger partial charge >= 0.3 is 0 Å². The molecule has 0 saturated carbocycles. The average molecular weight is 197 g/mol. The molecule has 0 amide bonds. The van der Waals surface area contributed by atoms with Crippen LogP contribution in [0.15, 0.2) is 68.4 Å². The van der Waals surface area contributed by atoms with Crippen molar-refractivity contribution in [2.45, 2.75) is 0 Å². The van der Waals surface area contributed by atoms with E-state index >= 15 is 0 Å². The van der Waals surface area contributed by atoms with E-state index in [1.165, 1.54) is 0 Å². The van der Waals surface area contributed by atoms with Crippen LogP contribution in [0.4, 0.5) is 5.69 Å². The van der Waals surface area contributed by atoms with Gasteiger partial charge in [-0.3, -0.25) is 0 Å². The molecule has 1 heteroatoms. The van der Waals surface area contributed by atoms with Gasteiger partial charge in [-0.2, -0.15) is 0 Å². The molecule has 0 aliphatic rings. The van der Waals surface area contributed by atoms with Gasteiger partial charge < -0.3 is 5.32 Å². The molecule has 0 aliphatic heterocycles. The van der Waals surface area contributed by atoms with Crippen molar-refractivity contribution < 1.29 is 0 Å². The van der Waals surface area contributed by atoms with Gasteiger partial charge in [-0.1, -0.05) is 50.1 Å². The first-order valence-electron chi connectivity index (χ1n) is 4.75. The van der Waals surface area contributed by atoms with E-state index in [4.69, 9.17) is 0 Å². The van der Waals surface area contributed by atoms with E-state index in [0.717, 1.165) is 16.8 Å². The Labute approximate surface area is 91.1 Å². The molecule has 1 N–H and O–H groups in total. The first kappa shape index (κ1) is 11.1. The molecule has 0 radical (unpaired) electrons. The van der Waals surface area contributed by atoms with Crippen LogP contribution < -0.4 is 5.32 Å². The molecule has 0 aromatic heterocycles. The molecule has 1 nitrogen and oxygen atoms in total. The number of anilines is 1. The Morgan fingerprint density at radius 1 is 1.07 bits per heavy atom. The fourth-order valence-electron chi connectivity index (χ4n) is 1.29. The summed E-state index contributed by atoms with van der Waals surface area (Å²) in [5, 5.41) is 3.02. The van der Waals surface area contributed by atoms with Crippen molar-refractivity contribution in [1.82, 2.24) is 0 Å². The number of benzene rings is 1. The number of rotatable bonds is 5. The average Bonchev–Trinajstić information content (AvgIpc) is 2.28. The lowest BCUT2D eigenvalue weighted by atomic mass is 10.1. The van der Waals surface area contributed by atoms with Crippen LogP contribution >= 0.6 is 0 Å². The summed E-state index contributed by atoms with van der Waals surface area (Å²) in [6.07, 6.45) is 7.16. The Morgan fingerprint density at radius 3 is 2.20 bits per heavy atom. The molecule has 1 rings (SSSR count). The fourth-order valence-corrected chi connectivity index (χ4v) is 1.29. The van der Waals surface area contributed by atoms with Gasteiger partial charge in [-0.05, 0) is 29.5 Å². The Morgan fingerprint density at radius 2 is 1.73 bits per heavy atom. The normalized spacial score (nSPS) is 10.5. The SMILES string of the molecule is C=C/C=C(\C=C)c1ccc(NC=C)cc1. The second-order valence-electron chi connectivity index (χ2n) is 2.99. The lowest BCUT2D eigenvalue weighted by Crippen LogP contribution is -1.86. The zero-order valence-electron chi connectivity index (χ0n) is 8.74. The van der Waals surface area contributed by atoms with E-state index in [1.807, 2.05) is 36.4 Å². The molecular formula is C14H15N. The maximum absolute atomic E-state index is 3.77. The van der Waals surface area contributed by atoms with Crippen LogP contribution in [0.5, 0.6) is 0 Å². The minimum Gasteiger partial charge on any atom is -0.362 e. The highest BCUT2D eigenvalue weighted by Gasteiger charge is 1.95. The van der Waals surface area contributed by atoms with E-state index in [1.54, 1.807) is 12.3 Å². The lowest BCUT2D eigenvalue weighted by Gasteiger charge is -2.04. The molecule has 0 bridgehead atoms. The summed E-state index contributed by atoms with van der Waals surface area (Å²) in [7, 11) is 0. The Hall–Kier alpha value is -2.02. The maximum Gasteiger partial charge on any atom is 0.0379 e. The van der Waals surface area contributed by atoms with Gasteiger partial charge in [0.05, 0.1) is 0 Å². The van der Waals surface area contributed by atoms with Crippen LogP contribution in [0.3, 0.4) is 0 Å². The van der Waals surface area contributed by atoms with Gasteiger partial charge in [0.1, 0.15) is 0 Å². The number of allylic oxidation sites excluding steroid dienone is 4. The molecule has 0 heterocycles. The highest BCUT2D eigenvalue weighted by Crippen LogP contribution is 2.18. The third kappa shape index (κ3) is 2.99. The summed E-state index contributed by atoms with van der Waals surface area (Å²) < 4.78 is 0. The van der Waals surface area contributed by atoms with Crippen molar-refractivity contribution in [2.75, 3.05) is 5.32 Å². The third-order valence-corrected chi connectivity index (χ3v) is 2.00. The minimum atomic E-state index is 1.02. The van der Waals surface area contributed by atoms with Crippen LogP contribution in [0.2, 0.25) is 0 Å². The zero-order chi connectivity index (χ0) is 11.1. The summed E-state index contributed by atoms with van der Waals surface area (Å²) >= 11 is 0. The first-order valence-corrected chi connectivity index (χ1v) is 4.75. The molecule has 0 fully saturated rings. The molecule has 15 heavy (non-hydrogen) atoms. The predicted octanol–water partition coefficient (Wildman–Crippen LogP) is 4.00. The summed E-state index contributed by atoms with van der Waals surface area (Å²) in [6, 6.07) is 8.06. The van der Waals surface area contributed by atoms with Crippen molar-refractivity contribution in [3.63, 3.8) is 0 Å². The van der Waals surface area contributed by atoms with Crippen LogP contribution in [-0.2, 0) is 0 Å². The van der Waals surface area contributed by atoms with E-state index in [-0.39, 0.29) is 0 Å². The summed E-state index contributed by atoms with van der Waals surface area (Å²) in [4.78, 5) is 0. The summed E-state index contributed by atoms with van der Waals surface area (Å²) in [5.41, 5.74) is 3.21. The molecule has 76 valence electrons. The standard InChI is InChI=1S/C14H15N/c1-4-7-12(5-2)13-8-10-14(11-9-13)15-6-3/h4-11,15H,1-3H2/b12-7+.